The zero-order valence-electron chi connectivity index (χ0n) is 8.74. The summed E-state index contributed by atoms with van der Waals surface area (Å²) in [6.07, 6.45) is 3.81. The molecular formula is C11H17N3O. The van der Waals surface area contributed by atoms with Crippen LogP contribution in [0.4, 0.5) is 5.82 Å². The van der Waals surface area contributed by atoms with Gasteiger partial charge < -0.3 is 16.2 Å². The van der Waals surface area contributed by atoms with Crippen LogP contribution >= 0.6 is 0 Å². The Morgan fingerprint density at radius 3 is 2.87 bits per heavy atom. The van der Waals surface area contributed by atoms with Crippen molar-refractivity contribution in [2.24, 2.45) is 0 Å². The second kappa shape index (κ2) is 4.59. The minimum absolute atomic E-state index is 0.0228. The number of aliphatic hydroxyl groups excluding tert-OH is 1. The molecular weight excluding hydrogens is 190 g/mol. The van der Waals surface area contributed by atoms with Gasteiger partial charge in [-0.15, -0.1) is 0 Å². The Labute approximate surface area is 89.5 Å². The number of nitrogen functional groups attached to an aromatic ring is 1. The van der Waals surface area contributed by atoms with E-state index in [1.165, 1.54) is 19.3 Å². The molecule has 0 bridgehead atoms. The Bertz CT molecular complexity index is 337. The van der Waals surface area contributed by atoms with Crippen LogP contribution in [0.3, 0.4) is 0 Å². The van der Waals surface area contributed by atoms with E-state index in [1.807, 2.05) is 6.07 Å². The smallest absolute Gasteiger partial charge is 0.123 e. The molecule has 2 rings (SSSR count). The number of rotatable bonds is 4. The van der Waals surface area contributed by atoms with Crippen molar-refractivity contribution in [1.29, 1.82) is 0 Å². The molecule has 0 spiro atoms. The summed E-state index contributed by atoms with van der Waals surface area (Å²) < 4.78 is 0. The van der Waals surface area contributed by atoms with Gasteiger partial charge in [0.25, 0.3) is 0 Å². The number of nitrogens with zero attached hydrogens (tertiary/aromatic N) is 1. The molecule has 15 heavy (non-hydrogen) atoms. The normalized spacial score (nSPS) is 16.3. The molecule has 0 atom stereocenters. The van der Waals surface area contributed by atoms with Crippen molar-refractivity contribution in [2.45, 2.75) is 38.5 Å². The van der Waals surface area contributed by atoms with E-state index in [1.54, 1.807) is 6.07 Å². The Kier molecular flexibility index (Phi) is 3.18. The fraction of sp³-hybridized carbons (Fsp3) is 0.545. The van der Waals surface area contributed by atoms with E-state index in [0.717, 1.165) is 11.3 Å². The minimum atomic E-state index is 0.0228. The van der Waals surface area contributed by atoms with Crippen LogP contribution in [0.5, 0.6) is 0 Å². The molecule has 1 saturated carbocycles. The van der Waals surface area contributed by atoms with E-state index in [2.05, 4.69) is 10.3 Å². The van der Waals surface area contributed by atoms with Crippen molar-refractivity contribution in [3.63, 3.8) is 0 Å². The van der Waals surface area contributed by atoms with Gasteiger partial charge in [-0.2, -0.15) is 0 Å². The monoisotopic (exact) mass is 207 g/mol. The number of aliphatic hydroxyl groups is 1. The molecule has 1 fully saturated rings. The first-order chi connectivity index (χ1) is 7.29. The van der Waals surface area contributed by atoms with Crippen LogP contribution in [-0.4, -0.2) is 16.1 Å². The van der Waals surface area contributed by atoms with Gasteiger partial charge in [0, 0.05) is 18.2 Å². The fourth-order valence-electron chi connectivity index (χ4n) is 1.70. The molecule has 1 aliphatic carbocycles. The third kappa shape index (κ3) is 2.46. The summed E-state index contributed by atoms with van der Waals surface area (Å²) in [5.74, 6) is 0.512. The van der Waals surface area contributed by atoms with Crippen LogP contribution in [-0.2, 0) is 13.2 Å². The average Bonchev–Trinajstić information content (AvgIpc) is 2.16. The highest BCUT2D eigenvalue weighted by molar-refractivity contribution is 5.33. The number of hydrogen-bond acceptors (Lipinski definition) is 4. The second-order valence-corrected chi connectivity index (χ2v) is 4.01. The van der Waals surface area contributed by atoms with Gasteiger partial charge in [-0.05, 0) is 18.9 Å². The second-order valence-electron chi connectivity index (χ2n) is 4.01. The van der Waals surface area contributed by atoms with Gasteiger partial charge >= 0.3 is 0 Å². The maximum atomic E-state index is 9.14. The third-order valence-corrected chi connectivity index (χ3v) is 2.92. The first kappa shape index (κ1) is 10.4. The molecule has 0 unspecified atom stereocenters. The van der Waals surface area contributed by atoms with Gasteiger partial charge in [-0.3, -0.25) is 0 Å². The van der Waals surface area contributed by atoms with Crippen molar-refractivity contribution in [1.82, 2.24) is 10.3 Å². The molecule has 1 aromatic heterocycles. The topological polar surface area (TPSA) is 71.2 Å². The van der Waals surface area contributed by atoms with Gasteiger partial charge in [-0.25, -0.2) is 4.98 Å². The van der Waals surface area contributed by atoms with Crippen LogP contribution in [0.2, 0.25) is 0 Å². The molecule has 4 nitrogen and oxygen atoms in total. The van der Waals surface area contributed by atoms with E-state index in [0.29, 0.717) is 18.4 Å². The molecule has 4 heteroatoms. The molecule has 0 aromatic carbocycles. The predicted octanol–water partition coefficient (Wildman–Crippen LogP) is 0.798. The lowest BCUT2D eigenvalue weighted by Crippen LogP contribution is -2.35. The van der Waals surface area contributed by atoms with Crippen LogP contribution < -0.4 is 11.1 Å². The molecule has 4 N–H and O–H groups in total. The maximum Gasteiger partial charge on any atom is 0.123 e. The molecule has 82 valence electrons. The highest BCUT2D eigenvalue weighted by atomic mass is 16.3. The molecule has 1 aliphatic rings. The zero-order valence-corrected chi connectivity index (χ0v) is 8.74. The molecule has 0 aliphatic heterocycles. The van der Waals surface area contributed by atoms with Crippen LogP contribution in [0, 0.1) is 0 Å². The van der Waals surface area contributed by atoms with Crippen LogP contribution in [0.25, 0.3) is 0 Å². The van der Waals surface area contributed by atoms with Crippen molar-refractivity contribution >= 4 is 5.82 Å². The largest absolute Gasteiger partial charge is 0.392 e. The summed E-state index contributed by atoms with van der Waals surface area (Å²) in [5.41, 5.74) is 7.34. The number of pyridine rings is 1. The van der Waals surface area contributed by atoms with E-state index in [4.69, 9.17) is 10.8 Å². The zero-order chi connectivity index (χ0) is 10.7. The minimum Gasteiger partial charge on any atom is -0.392 e. The number of nitrogens with two attached hydrogens (primary N) is 1. The highest BCUT2D eigenvalue weighted by Crippen LogP contribution is 2.19. The number of hydrogen-bond donors (Lipinski definition) is 3. The highest BCUT2D eigenvalue weighted by Gasteiger charge is 2.17. The summed E-state index contributed by atoms with van der Waals surface area (Å²) in [4.78, 5) is 4.23. The molecule has 1 heterocycles. The van der Waals surface area contributed by atoms with E-state index >= 15 is 0 Å². The quantitative estimate of drug-likeness (QED) is 0.683. The third-order valence-electron chi connectivity index (χ3n) is 2.92. The fourth-order valence-corrected chi connectivity index (χ4v) is 1.70. The predicted molar refractivity (Wildman–Crippen MR) is 59.1 cm³/mol. The average molecular weight is 207 g/mol. The standard InChI is InChI=1S/C11H17N3O/c12-11-5-4-8(7-15)10(14-11)6-13-9-2-1-3-9/h4-5,9,13,15H,1-3,6-7H2,(H2,12,14). The first-order valence-electron chi connectivity index (χ1n) is 5.38. The van der Waals surface area contributed by atoms with Gasteiger partial charge in [0.05, 0.1) is 12.3 Å². The van der Waals surface area contributed by atoms with Gasteiger partial charge in [0.1, 0.15) is 5.82 Å². The van der Waals surface area contributed by atoms with Crippen molar-refractivity contribution in [3.8, 4) is 0 Å². The lowest BCUT2D eigenvalue weighted by atomic mass is 9.93. The molecule has 1 aromatic rings. The lowest BCUT2D eigenvalue weighted by Gasteiger charge is -2.26. The number of aromatic nitrogens is 1. The summed E-state index contributed by atoms with van der Waals surface area (Å²) in [7, 11) is 0. The Balaban J connectivity index is 2.00. The van der Waals surface area contributed by atoms with E-state index in [-0.39, 0.29) is 6.61 Å². The van der Waals surface area contributed by atoms with Crippen LogP contribution in [0.1, 0.15) is 30.5 Å². The van der Waals surface area contributed by atoms with E-state index in [9.17, 15) is 0 Å². The Hall–Kier alpha value is -1.13. The summed E-state index contributed by atoms with van der Waals surface area (Å²) in [6, 6.07) is 4.18. The summed E-state index contributed by atoms with van der Waals surface area (Å²) >= 11 is 0. The Morgan fingerprint density at radius 1 is 1.47 bits per heavy atom. The molecule has 0 amide bonds. The number of nitrogens with one attached hydrogen (secondary N) is 1. The first-order valence-corrected chi connectivity index (χ1v) is 5.38. The lowest BCUT2D eigenvalue weighted by molar-refractivity contribution is 0.278. The van der Waals surface area contributed by atoms with Gasteiger partial charge in [-0.1, -0.05) is 12.5 Å². The van der Waals surface area contributed by atoms with Crippen molar-refractivity contribution < 1.29 is 5.11 Å². The van der Waals surface area contributed by atoms with Gasteiger partial charge in [0.2, 0.25) is 0 Å². The number of anilines is 1. The van der Waals surface area contributed by atoms with Gasteiger partial charge in [0.15, 0.2) is 0 Å². The summed E-state index contributed by atoms with van der Waals surface area (Å²) in [6.45, 7) is 0.723. The Morgan fingerprint density at radius 2 is 2.27 bits per heavy atom. The van der Waals surface area contributed by atoms with E-state index < -0.39 is 0 Å². The summed E-state index contributed by atoms with van der Waals surface area (Å²) in [5, 5.41) is 12.5. The molecule has 0 saturated heterocycles. The molecule has 0 radical (unpaired) electrons. The van der Waals surface area contributed by atoms with Crippen molar-refractivity contribution in [2.75, 3.05) is 5.73 Å². The van der Waals surface area contributed by atoms with Crippen molar-refractivity contribution in [3.05, 3.63) is 23.4 Å². The SMILES string of the molecule is Nc1ccc(CO)c(CNC2CCC2)n1. The van der Waals surface area contributed by atoms with Crippen LogP contribution in [0.15, 0.2) is 12.1 Å². The maximum absolute atomic E-state index is 9.14.